The second-order valence-electron chi connectivity index (χ2n) is 5.48. The van der Waals surface area contributed by atoms with Crippen molar-refractivity contribution in [1.82, 2.24) is 0 Å². The monoisotopic (exact) mass is 292 g/mol. The summed E-state index contributed by atoms with van der Waals surface area (Å²) in [5, 5.41) is 0.589. The van der Waals surface area contributed by atoms with E-state index in [9.17, 15) is 4.79 Å². The Morgan fingerprint density at radius 2 is 1.79 bits per heavy atom. The third-order valence-corrected chi connectivity index (χ3v) is 7.31. The average molecular weight is 292 g/mol. The number of hydrogen-bond acceptors (Lipinski definition) is 3. The van der Waals surface area contributed by atoms with Crippen molar-refractivity contribution in [3.05, 3.63) is 35.4 Å². The summed E-state index contributed by atoms with van der Waals surface area (Å²) in [6.45, 7) is 2.18. The summed E-state index contributed by atoms with van der Waals surface area (Å²) in [5.74, 6) is 3.36. The Kier molecular flexibility index (Phi) is 4.23. The molecule has 0 aromatic heterocycles. The van der Waals surface area contributed by atoms with E-state index in [1.165, 1.54) is 30.6 Å². The first-order valence-electron chi connectivity index (χ1n) is 7.13. The predicted molar refractivity (Wildman–Crippen MR) is 85.5 cm³/mol. The molecule has 102 valence electrons. The van der Waals surface area contributed by atoms with Gasteiger partial charge in [-0.05, 0) is 24.3 Å². The molecule has 1 aromatic rings. The van der Waals surface area contributed by atoms with E-state index in [2.05, 4.69) is 19.1 Å². The lowest BCUT2D eigenvalue weighted by Gasteiger charge is -2.27. The van der Waals surface area contributed by atoms with Gasteiger partial charge in [0.15, 0.2) is 5.78 Å². The number of Topliss-reactive ketones (excluding diaryl/α,β-unsaturated/α-hetero) is 1. The molecule has 3 rings (SSSR count). The van der Waals surface area contributed by atoms with E-state index >= 15 is 0 Å². The standard InChI is InChI=1S/C16H20OS2/c1-11-16(19-10-9-18-11)15(17)14-7-5-13(6-8-14)12-3-2-4-12/h5-8,11-12,16H,2-4,9-10H2,1H3. The van der Waals surface area contributed by atoms with Crippen LogP contribution in [0.15, 0.2) is 24.3 Å². The largest absolute Gasteiger partial charge is 0.293 e. The fraction of sp³-hybridized carbons (Fsp3) is 0.562. The van der Waals surface area contributed by atoms with Crippen LogP contribution in [0.3, 0.4) is 0 Å². The van der Waals surface area contributed by atoms with Gasteiger partial charge in [-0.3, -0.25) is 4.79 Å². The van der Waals surface area contributed by atoms with Crippen LogP contribution in [-0.2, 0) is 0 Å². The Morgan fingerprint density at radius 3 is 2.37 bits per heavy atom. The molecule has 19 heavy (non-hydrogen) atoms. The van der Waals surface area contributed by atoms with Crippen LogP contribution in [0.25, 0.3) is 0 Å². The molecule has 1 aromatic carbocycles. The number of carbonyl (C=O) groups excluding carboxylic acids is 1. The highest BCUT2D eigenvalue weighted by Crippen LogP contribution is 2.37. The Balaban J connectivity index is 1.72. The minimum atomic E-state index is 0.147. The summed E-state index contributed by atoms with van der Waals surface area (Å²) < 4.78 is 0. The maximum Gasteiger partial charge on any atom is 0.176 e. The maximum absolute atomic E-state index is 12.5. The second kappa shape index (κ2) is 5.92. The lowest BCUT2D eigenvalue weighted by Crippen LogP contribution is -2.31. The smallest absolute Gasteiger partial charge is 0.176 e. The minimum Gasteiger partial charge on any atom is -0.293 e. The molecule has 3 heteroatoms. The zero-order valence-electron chi connectivity index (χ0n) is 11.3. The van der Waals surface area contributed by atoms with Crippen molar-refractivity contribution in [2.24, 2.45) is 0 Å². The molecule has 1 aliphatic carbocycles. The Labute approximate surface area is 123 Å². The van der Waals surface area contributed by atoms with Crippen LogP contribution in [0.1, 0.15) is 48.0 Å². The third kappa shape index (κ3) is 2.87. The van der Waals surface area contributed by atoms with Crippen LogP contribution in [0.5, 0.6) is 0 Å². The van der Waals surface area contributed by atoms with E-state index in [0.717, 1.165) is 17.2 Å². The van der Waals surface area contributed by atoms with Crippen LogP contribution >= 0.6 is 23.5 Å². The summed E-state index contributed by atoms with van der Waals surface area (Å²) in [4.78, 5) is 12.5. The van der Waals surface area contributed by atoms with Gasteiger partial charge in [0.1, 0.15) is 0 Å². The number of hydrogen-bond donors (Lipinski definition) is 0. The van der Waals surface area contributed by atoms with Crippen LogP contribution in [0.4, 0.5) is 0 Å². The number of thioether (sulfide) groups is 2. The molecule has 0 bridgehead atoms. The molecule has 0 spiro atoms. The van der Waals surface area contributed by atoms with E-state index in [1.807, 2.05) is 35.7 Å². The summed E-state index contributed by atoms with van der Waals surface area (Å²) in [6.07, 6.45) is 4.00. The fourth-order valence-electron chi connectivity index (χ4n) is 2.75. The first-order chi connectivity index (χ1) is 9.25. The molecule has 2 fully saturated rings. The number of ketones is 1. The van der Waals surface area contributed by atoms with Gasteiger partial charge in [0, 0.05) is 22.3 Å². The molecule has 1 saturated heterocycles. The number of carbonyl (C=O) groups is 1. The summed E-state index contributed by atoms with van der Waals surface area (Å²) >= 11 is 3.76. The molecule has 1 heterocycles. The quantitative estimate of drug-likeness (QED) is 0.770. The molecule has 0 amide bonds. The number of benzene rings is 1. The van der Waals surface area contributed by atoms with Crippen molar-refractivity contribution in [1.29, 1.82) is 0 Å². The molecule has 2 atom stereocenters. The van der Waals surface area contributed by atoms with Gasteiger partial charge >= 0.3 is 0 Å². The molecule has 2 aliphatic rings. The predicted octanol–water partition coefficient (Wildman–Crippen LogP) is 4.37. The molecular formula is C16H20OS2. The van der Waals surface area contributed by atoms with Crippen LogP contribution in [0, 0.1) is 0 Å². The molecule has 1 saturated carbocycles. The number of rotatable bonds is 3. The maximum atomic E-state index is 12.5. The van der Waals surface area contributed by atoms with Gasteiger partial charge in [-0.15, -0.1) is 11.8 Å². The lowest BCUT2D eigenvalue weighted by atomic mass is 9.80. The van der Waals surface area contributed by atoms with E-state index in [4.69, 9.17) is 0 Å². The van der Waals surface area contributed by atoms with E-state index in [0.29, 0.717) is 11.0 Å². The van der Waals surface area contributed by atoms with Crippen molar-refractivity contribution in [3.8, 4) is 0 Å². The van der Waals surface area contributed by atoms with Gasteiger partial charge in [0.05, 0.1) is 5.25 Å². The molecule has 0 radical (unpaired) electrons. The van der Waals surface area contributed by atoms with Crippen molar-refractivity contribution in [2.45, 2.75) is 42.6 Å². The normalized spacial score (nSPS) is 27.8. The first kappa shape index (κ1) is 13.6. The summed E-state index contributed by atoms with van der Waals surface area (Å²) in [7, 11) is 0. The summed E-state index contributed by atoms with van der Waals surface area (Å²) in [6, 6.07) is 8.43. The molecule has 0 N–H and O–H groups in total. The van der Waals surface area contributed by atoms with Crippen molar-refractivity contribution in [3.63, 3.8) is 0 Å². The lowest BCUT2D eigenvalue weighted by molar-refractivity contribution is 0.0989. The van der Waals surface area contributed by atoms with Crippen molar-refractivity contribution in [2.75, 3.05) is 11.5 Å². The van der Waals surface area contributed by atoms with E-state index in [-0.39, 0.29) is 5.25 Å². The Morgan fingerprint density at radius 1 is 1.11 bits per heavy atom. The van der Waals surface area contributed by atoms with Crippen LogP contribution < -0.4 is 0 Å². The van der Waals surface area contributed by atoms with Crippen LogP contribution in [-0.4, -0.2) is 27.8 Å². The Hall–Kier alpha value is -0.410. The van der Waals surface area contributed by atoms with Crippen LogP contribution in [0.2, 0.25) is 0 Å². The van der Waals surface area contributed by atoms with Gasteiger partial charge in [-0.25, -0.2) is 0 Å². The van der Waals surface area contributed by atoms with Gasteiger partial charge in [0.25, 0.3) is 0 Å². The van der Waals surface area contributed by atoms with Crippen molar-refractivity contribution < 1.29 is 4.79 Å². The van der Waals surface area contributed by atoms with Gasteiger partial charge in [-0.1, -0.05) is 37.6 Å². The molecular weight excluding hydrogens is 272 g/mol. The first-order valence-corrected chi connectivity index (χ1v) is 9.23. The zero-order valence-corrected chi connectivity index (χ0v) is 12.9. The zero-order chi connectivity index (χ0) is 13.2. The van der Waals surface area contributed by atoms with Gasteiger partial charge in [0.2, 0.25) is 0 Å². The molecule has 1 aliphatic heterocycles. The topological polar surface area (TPSA) is 17.1 Å². The van der Waals surface area contributed by atoms with Gasteiger partial charge in [-0.2, -0.15) is 11.8 Å². The van der Waals surface area contributed by atoms with E-state index < -0.39 is 0 Å². The highest BCUT2D eigenvalue weighted by molar-refractivity contribution is 8.07. The summed E-state index contributed by atoms with van der Waals surface area (Å²) in [5.41, 5.74) is 2.32. The average Bonchev–Trinajstić information content (AvgIpc) is 2.37. The van der Waals surface area contributed by atoms with Gasteiger partial charge < -0.3 is 0 Å². The van der Waals surface area contributed by atoms with Crippen molar-refractivity contribution >= 4 is 29.3 Å². The minimum absolute atomic E-state index is 0.147. The highest BCUT2D eigenvalue weighted by atomic mass is 32.2. The third-order valence-electron chi connectivity index (χ3n) is 4.22. The Bertz CT molecular complexity index is 450. The molecule has 2 unspecified atom stereocenters. The SMILES string of the molecule is CC1SCCSC1C(=O)c1ccc(C2CCC2)cc1. The fourth-order valence-corrected chi connectivity index (χ4v) is 5.47. The molecule has 1 nitrogen and oxygen atoms in total. The highest BCUT2D eigenvalue weighted by Gasteiger charge is 2.29. The van der Waals surface area contributed by atoms with E-state index in [1.54, 1.807) is 0 Å². The second-order valence-corrected chi connectivity index (χ2v) is 8.22.